The zero-order chi connectivity index (χ0) is 15.8. The van der Waals surface area contributed by atoms with Crippen LogP contribution < -0.4 is 5.76 Å². The predicted molar refractivity (Wildman–Crippen MR) is 86.1 cm³/mol. The number of oxazole rings is 1. The van der Waals surface area contributed by atoms with E-state index in [1.54, 1.807) is 0 Å². The number of hydrogen-bond donors (Lipinski definition) is 1. The smallest absolute Gasteiger partial charge is 0.408 e. The van der Waals surface area contributed by atoms with E-state index in [1.807, 2.05) is 18.2 Å². The van der Waals surface area contributed by atoms with E-state index >= 15 is 0 Å². The molecular weight excluding hydrogens is 294 g/mol. The summed E-state index contributed by atoms with van der Waals surface area (Å²) in [6, 6.07) is 6.13. The summed E-state index contributed by atoms with van der Waals surface area (Å²) in [5, 5.41) is 0. The average molecular weight is 315 g/mol. The summed E-state index contributed by atoms with van der Waals surface area (Å²) < 4.78 is 5.28. The predicted octanol–water partition coefficient (Wildman–Crippen LogP) is 1.71. The second kappa shape index (κ2) is 5.85. The average Bonchev–Trinajstić information content (AvgIpc) is 3.13. The summed E-state index contributed by atoms with van der Waals surface area (Å²) in [4.78, 5) is 30.5. The Kier molecular flexibility index (Phi) is 3.69. The second-order valence-electron chi connectivity index (χ2n) is 6.53. The molecule has 0 spiro atoms. The Labute approximate surface area is 134 Å². The van der Waals surface area contributed by atoms with Crippen molar-refractivity contribution in [2.24, 2.45) is 0 Å². The number of para-hydroxylation sites is 1. The number of aromatic amines is 1. The van der Waals surface area contributed by atoms with Gasteiger partial charge in [0.25, 0.3) is 0 Å². The molecular formula is C17H21N3O3. The zero-order valence-corrected chi connectivity index (χ0v) is 13.1. The summed E-state index contributed by atoms with van der Waals surface area (Å²) in [6.07, 6.45) is 3.88. The Morgan fingerprint density at radius 2 is 2.13 bits per heavy atom. The van der Waals surface area contributed by atoms with Gasteiger partial charge >= 0.3 is 5.76 Å². The maximum absolute atomic E-state index is 12.0. The highest BCUT2D eigenvalue weighted by molar-refractivity contribution is 5.78. The molecule has 1 unspecified atom stereocenters. The van der Waals surface area contributed by atoms with Gasteiger partial charge in [-0.15, -0.1) is 0 Å². The number of H-pyrrole nitrogens is 1. The van der Waals surface area contributed by atoms with Crippen LogP contribution in [0.25, 0.3) is 11.1 Å². The van der Waals surface area contributed by atoms with Gasteiger partial charge in [0.15, 0.2) is 5.58 Å². The lowest BCUT2D eigenvalue weighted by Gasteiger charge is -2.37. The van der Waals surface area contributed by atoms with Gasteiger partial charge < -0.3 is 9.32 Å². The highest BCUT2D eigenvalue weighted by Crippen LogP contribution is 2.24. The van der Waals surface area contributed by atoms with E-state index < -0.39 is 5.76 Å². The van der Waals surface area contributed by atoms with Gasteiger partial charge in [-0.25, -0.2) is 4.79 Å². The lowest BCUT2D eigenvalue weighted by Crippen LogP contribution is -2.48. The zero-order valence-electron chi connectivity index (χ0n) is 13.1. The highest BCUT2D eigenvalue weighted by Gasteiger charge is 2.31. The van der Waals surface area contributed by atoms with Crippen molar-refractivity contribution in [1.29, 1.82) is 0 Å². The number of benzene rings is 1. The van der Waals surface area contributed by atoms with E-state index in [2.05, 4.69) is 14.8 Å². The van der Waals surface area contributed by atoms with E-state index in [4.69, 9.17) is 4.42 Å². The minimum atomic E-state index is -0.411. The molecule has 23 heavy (non-hydrogen) atoms. The maximum atomic E-state index is 12.0. The molecule has 3 heterocycles. The molecule has 122 valence electrons. The number of aromatic nitrogens is 1. The van der Waals surface area contributed by atoms with E-state index in [-0.39, 0.29) is 0 Å². The van der Waals surface area contributed by atoms with Gasteiger partial charge in [-0.3, -0.25) is 14.7 Å². The van der Waals surface area contributed by atoms with Gasteiger partial charge in [-0.1, -0.05) is 12.1 Å². The van der Waals surface area contributed by atoms with Crippen molar-refractivity contribution in [3.63, 3.8) is 0 Å². The molecule has 1 amide bonds. The fourth-order valence-corrected chi connectivity index (χ4v) is 3.88. The summed E-state index contributed by atoms with van der Waals surface area (Å²) in [5.74, 6) is -0.109. The molecule has 6 heteroatoms. The van der Waals surface area contributed by atoms with Crippen LogP contribution in [0.5, 0.6) is 0 Å². The number of fused-ring (bicyclic) bond motifs is 1. The molecule has 2 aliphatic rings. The molecule has 2 saturated heterocycles. The molecule has 6 nitrogen and oxygen atoms in total. The summed E-state index contributed by atoms with van der Waals surface area (Å²) in [5.41, 5.74) is 2.42. The molecule has 2 aromatic rings. The first-order chi connectivity index (χ1) is 11.2. The lowest BCUT2D eigenvalue weighted by atomic mass is 10.0. The third-order valence-electron chi connectivity index (χ3n) is 4.95. The number of nitrogens with zero attached hydrogens (tertiary/aromatic N) is 2. The van der Waals surface area contributed by atoms with Crippen LogP contribution in [0, 0.1) is 0 Å². The summed E-state index contributed by atoms with van der Waals surface area (Å²) in [7, 11) is 0. The van der Waals surface area contributed by atoms with Crippen molar-refractivity contribution < 1.29 is 9.21 Å². The van der Waals surface area contributed by atoms with Crippen LogP contribution in [0.15, 0.2) is 27.4 Å². The van der Waals surface area contributed by atoms with Crippen molar-refractivity contribution >= 4 is 17.0 Å². The monoisotopic (exact) mass is 315 g/mol. The number of hydrogen-bond acceptors (Lipinski definition) is 4. The fraction of sp³-hybridized carbons (Fsp3) is 0.529. The molecule has 0 radical (unpaired) electrons. The molecule has 0 bridgehead atoms. The Balaban J connectivity index is 1.51. The van der Waals surface area contributed by atoms with Gasteiger partial charge in [0, 0.05) is 37.7 Å². The molecule has 1 aromatic carbocycles. The number of rotatable bonds is 3. The molecule has 2 fully saturated rings. The van der Waals surface area contributed by atoms with Crippen LogP contribution in [-0.4, -0.2) is 46.4 Å². The number of piperidine rings is 1. The SMILES string of the molecule is O=C1CCCN1C1CCCN(Cc2cccc3[nH]c(=O)oc23)C1. The van der Waals surface area contributed by atoms with Crippen LogP contribution in [-0.2, 0) is 11.3 Å². The van der Waals surface area contributed by atoms with Gasteiger partial charge in [0.2, 0.25) is 5.91 Å². The van der Waals surface area contributed by atoms with Crippen molar-refractivity contribution in [3.8, 4) is 0 Å². The van der Waals surface area contributed by atoms with Crippen molar-refractivity contribution in [2.75, 3.05) is 19.6 Å². The third-order valence-corrected chi connectivity index (χ3v) is 4.95. The maximum Gasteiger partial charge on any atom is 0.417 e. The van der Waals surface area contributed by atoms with E-state index in [0.717, 1.165) is 56.5 Å². The number of carbonyl (C=O) groups excluding carboxylic acids is 1. The molecule has 4 rings (SSSR count). The highest BCUT2D eigenvalue weighted by atomic mass is 16.4. The van der Waals surface area contributed by atoms with E-state index in [1.165, 1.54) is 0 Å². The fourth-order valence-electron chi connectivity index (χ4n) is 3.88. The standard InChI is InChI=1S/C17H21N3O3/c21-15-7-3-9-20(15)13-5-2-8-19(11-13)10-12-4-1-6-14-16(12)23-17(22)18-14/h1,4,6,13H,2-3,5,7-11H2,(H,18,22). The molecule has 0 saturated carbocycles. The minimum Gasteiger partial charge on any atom is -0.408 e. The van der Waals surface area contributed by atoms with Gasteiger partial charge in [0.05, 0.1) is 5.52 Å². The van der Waals surface area contributed by atoms with Crippen LogP contribution in [0.1, 0.15) is 31.2 Å². The first kappa shape index (κ1) is 14.5. The molecule has 1 aromatic heterocycles. The van der Waals surface area contributed by atoms with Gasteiger partial charge in [-0.05, 0) is 31.9 Å². The molecule has 0 aliphatic carbocycles. The Morgan fingerprint density at radius 3 is 2.96 bits per heavy atom. The number of nitrogens with one attached hydrogen (secondary N) is 1. The Bertz CT molecular complexity index is 779. The van der Waals surface area contributed by atoms with E-state index in [0.29, 0.717) is 24.0 Å². The minimum absolute atomic E-state index is 0.301. The quantitative estimate of drug-likeness (QED) is 0.936. The first-order valence-electron chi connectivity index (χ1n) is 8.33. The Morgan fingerprint density at radius 1 is 1.22 bits per heavy atom. The van der Waals surface area contributed by atoms with E-state index in [9.17, 15) is 9.59 Å². The van der Waals surface area contributed by atoms with Gasteiger partial charge in [0.1, 0.15) is 0 Å². The Hall–Kier alpha value is -2.08. The molecule has 1 N–H and O–H groups in total. The number of amides is 1. The summed E-state index contributed by atoms with van der Waals surface area (Å²) in [6.45, 7) is 3.57. The number of likely N-dealkylation sites (tertiary alicyclic amines) is 2. The lowest BCUT2D eigenvalue weighted by molar-refractivity contribution is -0.130. The second-order valence-corrected chi connectivity index (χ2v) is 6.53. The van der Waals surface area contributed by atoms with Crippen molar-refractivity contribution in [2.45, 2.75) is 38.3 Å². The van der Waals surface area contributed by atoms with Crippen molar-refractivity contribution in [3.05, 3.63) is 34.3 Å². The van der Waals surface area contributed by atoms with Crippen LogP contribution in [0.3, 0.4) is 0 Å². The largest absolute Gasteiger partial charge is 0.417 e. The third kappa shape index (κ3) is 2.79. The summed E-state index contributed by atoms with van der Waals surface area (Å²) >= 11 is 0. The normalized spacial score (nSPS) is 23.0. The topological polar surface area (TPSA) is 69.6 Å². The molecule has 2 aliphatic heterocycles. The van der Waals surface area contributed by atoms with Crippen LogP contribution in [0.2, 0.25) is 0 Å². The van der Waals surface area contributed by atoms with Crippen molar-refractivity contribution in [1.82, 2.24) is 14.8 Å². The van der Waals surface area contributed by atoms with Crippen LogP contribution >= 0.6 is 0 Å². The number of carbonyl (C=O) groups is 1. The molecule has 1 atom stereocenters. The first-order valence-corrected chi connectivity index (χ1v) is 8.33. The van der Waals surface area contributed by atoms with Crippen LogP contribution in [0.4, 0.5) is 0 Å². The van der Waals surface area contributed by atoms with Gasteiger partial charge in [-0.2, -0.15) is 0 Å².